The fourth-order valence-corrected chi connectivity index (χ4v) is 5.88. The van der Waals surface area contributed by atoms with Crippen molar-refractivity contribution in [1.29, 1.82) is 0 Å². The molecule has 3 heterocycles. The summed E-state index contributed by atoms with van der Waals surface area (Å²) in [5.74, 6) is -1.56. The molecular formula is C23H31F4N2O7PS. The van der Waals surface area contributed by atoms with Gasteiger partial charge in [-0.25, -0.2) is 9.37 Å². The minimum atomic E-state index is -5.03. The van der Waals surface area contributed by atoms with Gasteiger partial charge in [-0.15, -0.1) is 0 Å². The second kappa shape index (κ2) is 10.5. The van der Waals surface area contributed by atoms with Gasteiger partial charge in [0.1, 0.15) is 28.6 Å². The number of aromatic nitrogens is 2. The van der Waals surface area contributed by atoms with Gasteiger partial charge in [0.2, 0.25) is 0 Å². The molecular weight excluding hydrogens is 555 g/mol. The largest absolute Gasteiger partial charge is 0.436 e. The van der Waals surface area contributed by atoms with E-state index in [9.17, 15) is 42.3 Å². The molecule has 7 unspecified atom stereocenters. The molecule has 0 spiro atoms. The molecule has 38 heavy (non-hydrogen) atoms. The van der Waals surface area contributed by atoms with E-state index >= 15 is 0 Å². The molecule has 7 atom stereocenters. The number of aliphatic hydroxyl groups excluding tert-OH is 2. The molecule has 2 aromatic heterocycles. The van der Waals surface area contributed by atoms with Crippen LogP contribution in [-0.4, -0.2) is 59.4 Å². The van der Waals surface area contributed by atoms with Crippen molar-refractivity contribution in [3.8, 4) is 0 Å². The number of aryl methyl sites for hydroxylation is 1. The number of pyridine rings is 2. The third kappa shape index (κ3) is 5.68. The van der Waals surface area contributed by atoms with Crippen LogP contribution in [0.4, 0.5) is 17.6 Å². The van der Waals surface area contributed by atoms with E-state index in [-0.39, 0.29) is 46.1 Å². The number of aromatic amines is 1. The standard InChI is InChI=1S/C23H31F4N2O7PS/c1-6-21(4,36-37(33,34)22(5,32)7-2)9-13-15(30)16(31)17(35-13)12-8-11-10(3)14(24)18(23(25,26)27)28-19(11)29-20(12)38/h8,13,15-17,30-32H,6-7,9H2,1-5H3,(H,33,34)(H,28,29,38). The molecule has 1 aliphatic heterocycles. The Labute approximate surface area is 221 Å². The van der Waals surface area contributed by atoms with Crippen LogP contribution in [-0.2, 0) is 20.0 Å². The Hall–Kier alpha value is -1.51. The van der Waals surface area contributed by atoms with Crippen LogP contribution in [0.3, 0.4) is 0 Å². The molecule has 5 N–H and O–H groups in total. The lowest BCUT2D eigenvalue weighted by Gasteiger charge is -2.37. The van der Waals surface area contributed by atoms with Crippen molar-refractivity contribution in [2.45, 2.75) is 95.4 Å². The molecule has 0 bridgehead atoms. The number of halogens is 4. The van der Waals surface area contributed by atoms with E-state index in [1.165, 1.54) is 26.8 Å². The maximum absolute atomic E-state index is 14.5. The Balaban J connectivity index is 1.96. The number of aliphatic hydroxyl groups is 3. The number of H-pyrrole nitrogens is 1. The Morgan fingerprint density at radius 2 is 1.82 bits per heavy atom. The second-order valence-electron chi connectivity index (χ2n) is 9.98. The molecule has 0 aromatic carbocycles. The highest BCUT2D eigenvalue weighted by Gasteiger charge is 2.50. The summed E-state index contributed by atoms with van der Waals surface area (Å²) in [7, 11) is -4.55. The summed E-state index contributed by atoms with van der Waals surface area (Å²) in [5.41, 5.74) is -3.66. The van der Waals surface area contributed by atoms with Gasteiger partial charge in [-0.2, -0.15) is 13.2 Å². The Morgan fingerprint density at radius 1 is 1.21 bits per heavy atom. The molecule has 15 heteroatoms. The summed E-state index contributed by atoms with van der Waals surface area (Å²) in [6, 6.07) is 1.25. The Bertz CT molecular complexity index is 1320. The number of hydrogen-bond donors (Lipinski definition) is 5. The number of hydrogen-bond acceptors (Lipinski definition) is 8. The lowest BCUT2D eigenvalue weighted by Crippen LogP contribution is -2.40. The first-order valence-electron chi connectivity index (χ1n) is 11.9. The van der Waals surface area contributed by atoms with Crippen LogP contribution < -0.4 is 0 Å². The molecule has 9 nitrogen and oxygen atoms in total. The Kier molecular flexibility index (Phi) is 8.55. The smallest absolute Gasteiger partial charge is 0.388 e. The molecule has 1 aliphatic rings. The van der Waals surface area contributed by atoms with Crippen molar-refractivity contribution in [3.05, 3.63) is 33.3 Å². The zero-order chi connectivity index (χ0) is 29.0. The van der Waals surface area contributed by atoms with Crippen LogP contribution in [0, 0.1) is 17.4 Å². The molecule has 0 amide bonds. The van der Waals surface area contributed by atoms with E-state index in [0.29, 0.717) is 0 Å². The molecule has 1 fully saturated rings. The zero-order valence-corrected chi connectivity index (χ0v) is 23.0. The van der Waals surface area contributed by atoms with Crippen LogP contribution in [0.15, 0.2) is 6.07 Å². The first-order valence-corrected chi connectivity index (χ1v) is 13.8. The Morgan fingerprint density at radius 3 is 2.34 bits per heavy atom. The minimum Gasteiger partial charge on any atom is -0.388 e. The summed E-state index contributed by atoms with van der Waals surface area (Å²) in [4.78, 5) is 16.3. The van der Waals surface area contributed by atoms with Crippen LogP contribution in [0.1, 0.15) is 69.9 Å². The van der Waals surface area contributed by atoms with Crippen LogP contribution in [0.25, 0.3) is 11.0 Å². The maximum atomic E-state index is 14.5. The number of alkyl halides is 3. The lowest BCUT2D eigenvalue weighted by molar-refractivity contribution is -0.143. The maximum Gasteiger partial charge on any atom is 0.436 e. The van der Waals surface area contributed by atoms with Gasteiger partial charge in [-0.1, -0.05) is 26.1 Å². The summed E-state index contributed by atoms with van der Waals surface area (Å²) in [5, 5.41) is 29.7. The third-order valence-corrected chi connectivity index (χ3v) is 9.71. The van der Waals surface area contributed by atoms with E-state index < -0.39 is 60.6 Å². The van der Waals surface area contributed by atoms with Crippen molar-refractivity contribution in [3.63, 3.8) is 0 Å². The number of ether oxygens (including phenoxy) is 1. The second-order valence-corrected chi connectivity index (χ2v) is 12.6. The number of nitrogens with zero attached hydrogens (tertiary/aromatic N) is 1. The number of rotatable bonds is 8. The number of nitrogens with one attached hydrogen (secondary N) is 1. The normalized spacial score (nSPS) is 27.2. The van der Waals surface area contributed by atoms with E-state index in [1.807, 2.05) is 0 Å². The summed E-state index contributed by atoms with van der Waals surface area (Å²) >= 11 is 5.25. The van der Waals surface area contributed by atoms with Crippen LogP contribution in [0.5, 0.6) is 0 Å². The van der Waals surface area contributed by atoms with Gasteiger partial charge in [-0.05, 0) is 45.2 Å². The predicted octanol–water partition coefficient (Wildman–Crippen LogP) is 4.80. The van der Waals surface area contributed by atoms with Crippen molar-refractivity contribution in [2.24, 2.45) is 0 Å². The molecule has 1 saturated heterocycles. The van der Waals surface area contributed by atoms with Crippen LogP contribution in [0.2, 0.25) is 0 Å². The monoisotopic (exact) mass is 586 g/mol. The summed E-state index contributed by atoms with van der Waals surface area (Å²) < 4.78 is 78.1. The quantitative estimate of drug-likeness (QED) is 0.167. The first kappa shape index (κ1) is 31.0. The average Bonchev–Trinajstić information content (AvgIpc) is 3.07. The van der Waals surface area contributed by atoms with Crippen molar-refractivity contribution < 1.29 is 51.6 Å². The third-order valence-electron chi connectivity index (χ3n) is 7.15. The van der Waals surface area contributed by atoms with Gasteiger partial charge in [0, 0.05) is 17.4 Å². The average molecular weight is 587 g/mol. The highest BCUT2D eigenvalue weighted by atomic mass is 32.1. The highest BCUT2D eigenvalue weighted by Crippen LogP contribution is 2.59. The molecule has 0 saturated carbocycles. The highest BCUT2D eigenvalue weighted by molar-refractivity contribution is 7.71. The van der Waals surface area contributed by atoms with E-state index in [0.717, 1.165) is 6.92 Å². The van der Waals surface area contributed by atoms with Gasteiger partial charge < -0.3 is 34.5 Å². The predicted molar refractivity (Wildman–Crippen MR) is 131 cm³/mol. The SMILES string of the molecule is CCC(C)(CC1OC(c2cc3c(C)c(F)c(C(F)(F)F)nc3[nH]c2=S)C(O)C1O)OP(=O)(O)C(C)(O)CC. The van der Waals surface area contributed by atoms with Gasteiger partial charge >= 0.3 is 13.8 Å². The topological polar surface area (TPSA) is 145 Å². The molecule has 2 aromatic rings. The fraction of sp³-hybridized carbons (Fsp3) is 0.652. The van der Waals surface area contributed by atoms with Gasteiger partial charge in [0.15, 0.2) is 16.9 Å². The van der Waals surface area contributed by atoms with Crippen LogP contribution >= 0.6 is 19.8 Å². The van der Waals surface area contributed by atoms with Crippen molar-refractivity contribution >= 4 is 30.8 Å². The molecule has 0 aliphatic carbocycles. The molecule has 3 rings (SSSR count). The fourth-order valence-electron chi connectivity index (χ4n) is 4.21. The first-order chi connectivity index (χ1) is 17.3. The number of fused-ring (bicyclic) bond motifs is 1. The zero-order valence-electron chi connectivity index (χ0n) is 21.3. The molecule has 0 radical (unpaired) electrons. The van der Waals surface area contributed by atoms with Gasteiger partial charge in [0.25, 0.3) is 0 Å². The van der Waals surface area contributed by atoms with Gasteiger partial charge in [-0.3, -0.25) is 4.57 Å². The summed E-state index contributed by atoms with van der Waals surface area (Å²) in [6.07, 6.45) is -10.6. The molecule has 214 valence electrons. The minimum absolute atomic E-state index is 0.0300. The van der Waals surface area contributed by atoms with Crippen molar-refractivity contribution in [1.82, 2.24) is 9.97 Å². The van der Waals surface area contributed by atoms with Crippen molar-refractivity contribution in [2.75, 3.05) is 0 Å². The van der Waals surface area contributed by atoms with E-state index in [4.69, 9.17) is 21.5 Å². The summed E-state index contributed by atoms with van der Waals surface area (Å²) in [6.45, 7) is 6.98. The van der Waals surface area contributed by atoms with Gasteiger partial charge in [0.05, 0.1) is 11.7 Å². The van der Waals surface area contributed by atoms with E-state index in [2.05, 4.69) is 9.97 Å². The van der Waals surface area contributed by atoms with E-state index in [1.54, 1.807) is 6.92 Å². The lowest BCUT2D eigenvalue weighted by atomic mass is 9.92.